The summed E-state index contributed by atoms with van der Waals surface area (Å²) in [6.07, 6.45) is 4.56. The van der Waals surface area contributed by atoms with Gasteiger partial charge in [0.15, 0.2) is 0 Å². The number of H-pyrrole nitrogens is 1. The van der Waals surface area contributed by atoms with Crippen molar-refractivity contribution in [2.45, 2.75) is 46.0 Å². The third-order valence-electron chi connectivity index (χ3n) is 4.21. The van der Waals surface area contributed by atoms with Crippen LogP contribution in [0.25, 0.3) is 10.9 Å². The van der Waals surface area contributed by atoms with Crippen molar-refractivity contribution >= 4 is 22.5 Å². The van der Waals surface area contributed by atoms with Gasteiger partial charge in [0.2, 0.25) is 5.91 Å². The monoisotopic (exact) mass is 298 g/mol. The normalized spacial score (nSPS) is 14.1. The molecule has 1 aromatic heterocycles. The fourth-order valence-corrected chi connectivity index (χ4v) is 3.22. The molecule has 0 atom stereocenters. The van der Waals surface area contributed by atoms with Crippen molar-refractivity contribution in [3.05, 3.63) is 39.7 Å². The Morgan fingerprint density at radius 2 is 1.95 bits per heavy atom. The lowest BCUT2D eigenvalue weighted by Gasteiger charge is -2.17. The SMILES string of the molecule is CC(C)CC(=O)Nc1ccc2c3c(c(=O)[nH]c2c1)CCCC3. The first-order valence-electron chi connectivity index (χ1n) is 8.02. The topological polar surface area (TPSA) is 62.0 Å². The number of fused-ring (bicyclic) bond motifs is 3. The van der Waals surface area contributed by atoms with Gasteiger partial charge in [0.05, 0.1) is 5.52 Å². The lowest BCUT2D eigenvalue weighted by atomic mass is 9.90. The molecule has 0 saturated carbocycles. The summed E-state index contributed by atoms with van der Waals surface area (Å²) >= 11 is 0. The highest BCUT2D eigenvalue weighted by Crippen LogP contribution is 2.27. The van der Waals surface area contributed by atoms with Gasteiger partial charge in [-0.2, -0.15) is 0 Å². The lowest BCUT2D eigenvalue weighted by molar-refractivity contribution is -0.116. The number of rotatable bonds is 3. The first kappa shape index (κ1) is 14.8. The van der Waals surface area contributed by atoms with Gasteiger partial charge in [-0.15, -0.1) is 0 Å². The molecule has 1 amide bonds. The van der Waals surface area contributed by atoms with Gasteiger partial charge in [0, 0.05) is 23.1 Å². The van der Waals surface area contributed by atoms with Crippen molar-refractivity contribution in [3.63, 3.8) is 0 Å². The molecule has 1 aromatic carbocycles. The number of nitrogens with one attached hydrogen (secondary N) is 2. The van der Waals surface area contributed by atoms with Crippen molar-refractivity contribution in [2.75, 3.05) is 5.32 Å². The number of aromatic nitrogens is 1. The van der Waals surface area contributed by atoms with Crippen molar-refractivity contribution < 1.29 is 4.79 Å². The Labute approximate surface area is 129 Å². The second kappa shape index (κ2) is 5.95. The molecular weight excluding hydrogens is 276 g/mol. The van der Waals surface area contributed by atoms with E-state index >= 15 is 0 Å². The van der Waals surface area contributed by atoms with Crippen LogP contribution < -0.4 is 10.9 Å². The summed E-state index contributed by atoms with van der Waals surface area (Å²) in [6, 6.07) is 5.80. The number of aromatic amines is 1. The Bertz CT molecular complexity index is 774. The van der Waals surface area contributed by atoms with E-state index in [4.69, 9.17) is 0 Å². The summed E-state index contributed by atoms with van der Waals surface area (Å²) in [7, 11) is 0. The fraction of sp³-hybridized carbons (Fsp3) is 0.444. The summed E-state index contributed by atoms with van der Waals surface area (Å²) in [5, 5.41) is 4.01. The molecule has 1 aliphatic rings. The summed E-state index contributed by atoms with van der Waals surface area (Å²) in [5.41, 5.74) is 3.70. The Balaban J connectivity index is 1.97. The molecule has 2 N–H and O–H groups in total. The number of anilines is 1. The van der Waals surface area contributed by atoms with Gasteiger partial charge < -0.3 is 10.3 Å². The van der Waals surface area contributed by atoms with Gasteiger partial charge in [-0.3, -0.25) is 9.59 Å². The molecule has 1 heterocycles. The van der Waals surface area contributed by atoms with Gasteiger partial charge in [-0.25, -0.2) is 0 Å². The molecule has 3 rings (SSSR count). The van der Waals surface area contributed by atoms with E-state index in [0.717, 1.165) is 47.8 Å². The predicted molar refractivity (Wildman–Crippen MR) is 89.3 cm³/mol. The van der Waals surface area contributed by atoms with Crippen molar-refractivity contribution in [1.82, 2.24) is 4.98 Å². The van der Waals surface area contributed by atoms with Gasteiger partial charge >= 0.3 is 0 Å². The van der Waals surface area contributed by atoms with E-state index in [2.05, 4.69) is 10.3 Å². The molecule has 4 nitrogen and oxygen atoms in total. The molecule has 1 aliphatic carbocycles. The number of carbonyl (C=O) groups is 1. The zero-order valence-corrected chi connectivity index (χ0v) is 13.2. The largest absolute Gasteiger partial charge is 0.326 e. The van der Waals surface area contributed by atoms with Gasteiger partial charge in [0.25, 0.3) is 5.56 Å². The summed E-state index contributed by atoms with van der Waals surface area (Å²) in [6.45, 7) is 4.04. The van der Waals surface area contributed by atoms with Crippen LogP contribution in [0.2, 0.25) is 0 Å². The third kappa shape index (κ3) is 2.91. The number of hydrogen-bond donors (Lipinski definition) is 2. The Morgan fingerprint density at radius 3 is 2.68 bits per heavy atom. The van der Waals surface area contributed by atoms with E-state index in [1.807, 2.05) is 32.0 Å². The Morgan fingerprint density at radius 1 is 1.23 bits per heavy atom. The van der Waals surface area contributed by atoms with Crippen LogP contribution in [0.15, 0.2) is 23.0 Å². The number of pyridine rings is 1. The van der Waals surface area contributed by atoms with Crippen LogP contribution in [-0.4, -0.2) is 10.9 Å². The minimum absolute atomic E-state index is 0.00894. The van der Waals surface area contributed by atoms with Gasteiger partial charge in [0.1, 0.15) is 0 Å². The number of amides is 1. The summed E-state index contributed by atoms with van der Waals surface area (Å²) < 4.78 is 0. The molecule has 116 valence electrons. The average molecular weight is 298 g/mol. The highest BCUT2D eigenvalue weighted by Gasteiger charge is 2.16. The summed E-state index contributed by atoms with van der Waals surface area (Å²) in [5.74, 6) is 0.335. The molecule has 0 aliphatic heterocycles. The second-order valence-corrected chi connectivity index (χ2v) is 6.52. The first-order chi connectivity index (χ1) is 10.5. The van der Waals surface area contributed by atoms with E-state index in [0.29, 0.717) is 12.3 Å². The van der Waals surface area contributed by atoms with Crippen LogP contribution in [0.4, 0.5) is 5.69 Å². The smallest absolute Gasteiger partial charge is 0.251 e. The molecule has 0 unspecified atom stereocenters. The van der Waals surface area contributed by atoms with E-state index in [1.165, 1.54) is 5.56 Å². The van der Waals surface area contributed by atoms with E-state index in [1.54, 1.807) is 0 Å². The molecule has 4 heteroatoms. The molecule has 0 fully saturated rings. The van der Waals surface area contributed by atoms with Crippen LogP contribution in [0.3, 0.4) is 0 Å². The van der Waals surface area contributed by atoms with Crippen LogP contribution in [-0.2, 0) is 17.6 Å². The minimum Gasteiger partial charge on any atom is -0.326 e. The maximum absolute atomic E-state index is 12.2. The maximum Gasteiger partial charge on any atom is 0.251 e. The van der Waals surface area contributed by atoms with E-state index < -0.39 is 0 Å². The standard InChI is InChI=1S/C18H22N2O2/c1-11(2)9-17(21)19-12-7-8-14-13-5-3-4-6-15(13)18(22)20-16(14)10-12/h7-8,10-11H,3-6,9H2,1-2H3,(H,19,21)(H,20,22). The zero-order valence-electron chi connectivity index (χ0n) is 13.2. The van der Waals surface area contributed by atoms with Crippen LogP contribution in [0, 0.1) is 5.92 Å². The number of hydrogen-bond acceptors (Lipinski definition) is 2. The lowest BCUT2D eigenvalue weighted by Crippen LogP contribution is -2.19. The van der Waals surface area contributed by atoms with Crippen LogP contribution in [0.5, 0.6) is 0 Å². The highest BCUT2D eigenvalue weighted by atomic mass is 16.1. The van der Waals surface area contributed by atoms with Crippen molar-refractivity contribution in [1.29, 1.82) is 0 Å². The maximum atomic E-state index is 12.2. The van der Waals surface area contributed by atoms with Crippen molar-refractivity contribution in [2.24, 2.45) is 5.92 Å². The Kier molecular flexibility index (Phi) is 4.01. The number of benzene rings is 1. The van der Waals surface area contributed by atoms with Gasteiger partial charge in [-0.05, 0) is 49.3 Å². The molecule has 0 spiro atoms. The zero-order chi connectivity index (χ0) is 15.7. The Hall–Kier alpha value is -2.10. The number of carbonyl (C=O) groups excluding carboxylic acids is 1. The molecule has 0 radical (unpaired) electrons. The molecule has 2 aromatic rings. The average Bonchev–Trinajstić information content (AvgIpc) is 2.46. The first-order valence-corrected chi connectivity index (χ1v) is 8.02. The van der Waals surface area contributed by atoms with Crippen molar-refractivity contribution in [3.8, 4) is 0 Å². The fourth-order valence-electron chi connectivity index (χ4n) is 3.22. The minimum atomic E-state index is 0.00894. The molecular formula is C18H22N2O2. The summed E-state index contributed by atoms with van der Waals surface area (Å²) in [4.78, 5) is 27.1. The quantitative estimate of drug-likeness (QED) is 0.912. The van der Waals surface area contributed by atoms with Gasteiger partial charge in [-0.1, -0.05) is 19.9 Å². The van der Waals surface area contributed by atoms with E-state index in [9.17, 15) is 9.59 Å². The second-order valence-electron chi connectivity index (χ2n) is 6.52. The van der Waals surface area contributed by atoms with Crippen LogP contribution >= 0.6 is 0 Å². The third-order valence-corrected chi connectivity index (χ3v) is 4.21. The molecule has 0 bridgehead atoms. The highest BCUT2D eigenvalue weighted by molar-refractivity contribution is 5.94. The molecule has 0 saturated heterocycles. The predicted octanol–water partition coefficient (Wildman–Crippen LogP) is 3.39. The number of aryl methyl sites for hydroxylation is 1. The molecule has 22 heavy (non-hydrogen) atoms. The van der Waals surface area contributed by atoms with E-state index in [-0.39, 0.29) is 11.5 Å². The van der Waals surface area contributed by atoms with Crippen LogP contribution in [0.1, 0.15) is 44.2 Å².